The molecule has 1 heterocycles. The van der Waals surface area contributed by atoms with E-state index in [4.69, 9.17) is 4.74 Å². The normalized spacial score (nSPS) is 10.8. The maximum absolute atomic E-state index is 12.4. The molecule has 0 bridgehead atoms. The minimum atomic E-state index is -0.124. The SMILES string of the molecule is CCCn1nnc2cc(C(=O)NCc3ccc(OCC)cc3)ccc21. The number of fused-ring (bicyclic) bond motifs is 1. The Kier molecular flexibility index (Phi) is 5.28. The van der Waals surface area contributed by atoms with E-state index in [0.717, 1.165) is 35.3 Å². The van der Waals surface area contributed by atoms with E-state index in [1.807, 2.05) is 48.0 Å². The molecular weight excluding hydrogens is 316 g/mol. The van der Waals surface area contributed by atoms with E-state index in [2.05, 4.69) is 22.6 Å². The zero-order chi connectivity index (χ0) is 17.6. The summed E-state index contributed by atoms with van der Waals surface area (Å²) >= 11 is 0. The molecule has 3 aromatic rings. The van der Waals surface area contributed by atoms with Gasteiger partial charge in [-0.05, 0) is 49.2 Å². The molecule has 3 rings (SSSR count). The van der Waals surface area contributed by atoms with Crippen LogP contribution in [0.5, 0.6) is 5.75 Å². The van der Waals surface area contributed by atoms with Gasteiger partial charge in [-0.3, -0.25) is 4.79 Å². The molecule has 1 aromatic heterocycles. The van der Waals surface area contributed by atoms with Crippen molar-refractivity contribution in [1.82, 2.24) is 20.3 Å². The molecule has 0 aliphatic rings. The van der Waals surface area contributed by atoms with Gasteiger partial charge in [0.2, 0.25) is 0 Å². The van der Waals surface area contributed by atoms with Crippen molar-refractivity contribution in [3.63, 3.8) is 0 Å². The van der Waals surface area contributed by atoms with E-state index >= 15 is 0 Å². The van der Waals surface area contributed by atoms with Crippen molar-refractivity contribution < 1.29 is 9.53 Å². The van der Waals surface area contributed by atoms with Crippen molar-refractivity contribution in [2.45, 2.75) is 33.4 Å². The molecular formula is C19H22N4O2. The Balaban J connectivity index is 1.65. The number of nitrogens with one attached hydrogen (secondary N) is 1. The Bertz CT molecular complexity index is 855. The van der Waals surface area contributed by atoms with E-state index in [0.29, 0.717) is 18.7 Å². The summed E-state index contributed by atoms with van der Waals surface area (Å²) in [6, 6.07) is 13.2. The number of hydrogen-bond acceptors (Lipinski definition) is 4. The van der Waals surface area contributed by atoms with Gasteiger partial charge in [0.05, 0.1) is 12.1 Å². The van der Waals surface area contributed by atoms with Crippen molar-refractivity contribution in [1.29, 1.82) is 0 Å². The molecule has 0 aliphatic carbocycles. The Hall–Kier alpha value is -2.89. The highest BCUT2D eigenvalue weighted by Gasteiger charge is 2.10. The first-order valence-corrected chi connectivity index (χ1v) is 8.54. The molecule has 0 fully saturated rings. The van der Waals surface area contributed by atoms with Crippen LogP contribution in [-0.4, -0.2) is 27.5 Å². The predicted molar refractivity (Wildman–Crippen MR) is 96.6 cm³/mol. The zero-order valence-corrected chi connectivity index (χ0v) is 14.5. The molecule has 1 N–H and O–H groups in total. The average molecular weight is 338 g/mol. The fourth-order valence-electron chi connectivity index (χ4n) is 2.64. The van der Waals surface area contributed by atoms with E-state index in [9.17, 15) is 4.79 Å². The number of carbonyl (C=O) groups is 1. The molecule has 1 amide bonds. The van der Waals surface area contributed by atoms with Crippen molar-refractivity contribution in [2.24, 2.45) is 0 Å². The van der Waals surface area contributed by atoms with Crippen LogP contribution in [0.1, 0.15) is 36.2 Å². The third-order valence-electron chi connectivity index (χ3n) is 3.90. The largest absolute Gasteiger partial charge is 0.494 e. The topological polar surface area (TPSA) is 69.0 Å². The molecule has 0 saturated heterocycles. The number of aryl methyl sites for hydroxylation is 1. The fraction of sp³-hybridized carbons (Fsp3) is 0.316. The molecule has 6 nitrogen and oxygen atoms in total. The number of amides is 1. The van der Waals surface area contributed by atoms with Gasteiger partial charge in [0.15, 0.2) is 0 Å². The van der Waals surface area contributed by atoms with Crippen LogP contribution in [0.25, 0.3) is 11.0 Å². The van der Waals surface area contributed by atoms with Crippen molar-refractivity contribution >= 4 is 16.9 Å². The molecule has 0 saturated carbocycles. The molecule has 0 radical (unpaired) electrons. The molecule has 0 spiro atoms. The summed E-state index contributed by atoms with van der Waals surface area (Å²) < 4.78 is 7.27. The maximum atomic E-state index is 12.4. The highest BCUT2D eigenvalue weighted by molar-refractivity contribution is 5.97. The number of carbonyl (C=O) groups excluding carboxylic acids is 1. The van der Waals surface area contributed by atoms with Gasteiger partial charge in [-0.1, -0.05) is 24.3 Å². The lowest BCUT2D eigenvalue weighted by Gasteiger charge is -2.07. The maximum Gasteiger partial charge on any atom is 0.251 e. The van der Waals surface area contributed by atoms with Crippen LogP contribution in [0, 0.1) is 0 Å². The molecule has 0 aliphatic heterocycles. The fourth-order valence-corrected chi connectivity index (χ4v) is 2.64. The van der Waals surface area contributed by atoms with Gasteiger partial charge in [0.25, 0.3) is 5.91 Å². The monoisotopic (exact) mass is 338 g/mol. The number of benzene rings is 2. The number of nitrogens with zero attached hydrogens (tertiary/aromatic N) is 3. The van der Waals surface area contributed by atoms with Crippen molar-refractivity contribution in [2.75, 3.05) is 6.61 Å². The third-order valence-corrected chi connectivity index (χ3v) is 3.90. The van der Waals surface area contributed by atoms with Crippen molar-refractivity contribution in [3.05, 3.63) is 53.6 Å². The summed E-state index contributed by atoms with van der Waals surface area (Å²) in [7, 11) is 0. The van der Waals surface area contributed by atoms with Crippen LogP contribution in [-0.2, 0) is 13.1 Å². The summed E-state index contributed by atoms with van der Waals surface area (Å²) in [6.07, 6.45) is 0.989. The molecule has 6 heteroatoms. The van der Waals surface area contributed by atoms with Gasteiger partial charge in [-0.15, -0.1) is 5.10 Å². The minimum absolute atomic E-state index is 0.124. The zero-order valence-electron chi connectivity index (χ0n) is 14.5. The standard InChI is InChI=1S/C19H22N4O2/c1-3-11-23-18-10-7-15(12-17(18)21-22-23)19(24)20-13-14-5-8-16(9-6-14)25-4-2/h5-10,12H,3-4,11,13H2,1-2H3,(H,20,24). The third kappa shape index (κ3) is 3.96. The van der Waals surface area contributed by atoms with Gasteiger partial charge in [-0.2, -0.15) is 0 Å². The highest BCUT2D eigenvalue weighted by Crippen LogP contribution is 2.15. The molecule has 0 unspecified atom stereocenters. The summed E-state index contributed by atoms with van der Waals surface area (Å²) in [4.78, 5) is 12.4. The number of aromatic nitrogens is 3. The molecule has 130 valence electrons. The van der Waals surface area contributed by atoms with Gasteiger partial charge < -0.3 is 10.1 Å². The van der Waals surface area contributed by atoms with Crippen LogP contribution >= 0.6 is 0 Å². The summed E-state index contributed by atoms with van der Waals surface area (Å²) in [5.41, 5.74) is 3.29. The minimum Gasteiger partial charge on any atom is -0.494 e. The second-order valence-electron chi connectivity index (χ2n) is 5.78. The Morgan fingerprint density at radius 3 is 2.68 bits per heavy atom. The second-order valence-corrected chi connectivity index (χ2v) is 5.78. The lowest BCUT2D eigenvalue weighted by Crippen LogP contribution is -2.22. The Labute approximate surface area is 146 Å². The Morgan fingerprint density at radius 2 is 1.96 bits per heavy atom. The smallest absolute Gasteiger partial charge is 0.251 e. The van der Waals surface area contributed by atoms with Crippen LogP contribution in [0.4, 0.5) is 0 Å². The first-order chi connectivity index (χ1) is 12.2. The van der Waals surface area contributed by atoms with Gasteiger partial charge in [0.1, 0.15) is 11.3 Å². The van der Waals surface area contributed by atoms with E-state index in [-0.39, 0.29) is 5.91 Å². The number of rotatable bonds is 7. The highest BCUT2D eigenvalue weighted by atomic mass is 16.5. The first-order valence-electron chi connectivity index (χ1n) is 8.54. The van der Waals surface area contributed by atoms with Gasteiger partial charge in [-0.25, -0.2) is 4.68 Å². The predicted octanol–water partition coefficient (Wildman–Crippen LogP) is 3.17. The average Bonchev–Trinajstić information content (AvgIpc) is 3.04. The van der Waals surface area contributed by atoms with E-state index in [1.54, 1.807) is 6.07 Å². The van der Waals surface area contributed by atoms with Crippen LogP contribution < -0.4 is 10.1 Å². The first kappa shape index (κ1) is 17.0. The van der Waals surface area contributed by atoms with Crippen LogP contribution in [0.15, 0.2) is 42.5 Å². The molecule has 25 heavy (non-hydrogen) atoms. The summed E-state index contributed by atoms with van der Waals surface area (Å²) in [5.74, 6) is 0.707. The van der Waals surface area contributed by atoms with E-state index in [1.165, 1.54) is 0 Å². The quantitative estimate of drug-likeness (QED) is 0.718. The summed E-state index contributed by atoms with van der Waals surface area (Å²) in [5, 5.41) is 11.2. The van der Waals surface area contributed by atoms with E-state index < -0.39 is 0 Å². The number of ether oxygens (including phenoxy) is 1. The lowest BCUT2D eigenvalue weighted by molar-refractivity contribution is 0.0951. The van der Waals surface area contributed by atoms with Crippen molar-refractivity contribution in [3.8, 4) is 5.75 Å². The summed E-state index contributed by atoms with van der Waals surface area (Å²) in [6.45, 7) is 5.97. The molecule has 0 atom stereocenters. The second kappa shape index (κ2) is 7.79. The Morgan fingerprint density at radius 1 is 1.16 bits per heavy atom. The van der Waals surface area contributed by atoms with Crippen LogP contribution in [0.2, 0.25) is 0 Å². The van der Waals surface area contributed by atoms with Crippen LogP contribution in [0.3, 0.4) is 0 Å². The van der Waals surface area contributed by atoms with Gasteiger partial charge in [0, 0.05) is 18.7 Å². The number of hydrogen-bond donors (Lipinski definition) is 1. The van der Waals surface area contributed by atoms with Gasteiger partial charge >= 0.3 is 0 Å². The molecule has 2 aromatic carbocycles. The lowest BCUT2D eigenvalue weighted by atomic mass is 10.1.